The summed E-state index contributed by atoms with van der Waals surface area (Å²) in [4.78, 5) is 28.1. The van der Waals surface area contributed by atoms with Crippen LogP contribution in [0.3, 0.4) is 0 Å². The summed E-state index contributed by atoms with van der Waals surface area (Å²) in [6.45, 7) is 3.30. The summed E-state index contributed by atoms with van der Waals surface area (Å²) in [6, 6.07) is 10.9. The van der Waals surface area contributed by atoms with Crippen molar-refractivity contribution in [3.8, 4) is 0 Å². The highest BCUT2D eigenvalue weighted by Crippen LogP contribution is 2.41. The Hall–Kier alpha value is -3.37. The normalized spacial score (nSPS) is 24.3. The lowest BCUT2D eigenvalue weighted by Gasteiger charge is -2.41. The van der Waals surface area contributed by atoms with Gasteiger partial charge in [-0.3, -0.25) is 4.79 Å². The Morgan fingerprint density at radius 1 is 1.08 bits per heavy atom. The molecule has 3 aromatic rings. The van der Waals surface area contributed by atoms with Crippen LogP contribution in [-0.2, 0) is 23.6 Å². The van der Waals surface area contributed by atoms with Crippen molar-refractivity contribution >= 4 is 17.4 Å². The van der Waals surface area contributed by atoms with E-state index in [1.165, 1.54) is 12.8 Å². The zero-order chi connectivity index (χ0) is 25.9. The van der Waals surface area contributed by atoms with Crippen LogP contribution in [0.2, 0.25) is 0 Å². The molecule has 4 fully saturated rings. The van der Waals surface area contributed by atoms with E-state index in [0.29, 0.717) is 36.9 Å². The van der Waals surface area contributed by atoms with Crippen LogP contribution in [0.5, 0.6) is 0 Å². The minimum atomic E-state index is -0.193. The number of likely N-dealkylation sites (N-methyl/N-ethyl adjacent to an activating group) is 1. The van der Waals surface area contributed by atoms with E-state index in [-0.39, 0.29) is 11.3 Å². The van der Waals surface area contributed by atoms with E-state index in [1.54, 1.807) is 6.33 Å². The lowest BCUT2D eigenvalue weighted by molar-refractivity contribution is -0.0610. The quantitative estimate of drug-likeness (QED) is 0.513. The summed E-state index contributed by atoms with van der Waals surface area (Å²) >= 11 is 0. The molecule has 1 amide bonds. The van der Waals surface area contributed by atoms with Gasteiger partial charge in [0.25, 0.3) is 5.91 Å². The Labute approximate surface area is 222 Å². The number of nitrogens with zero attached hydrogens (tertiary/aromatic N) is 7. The highest BCUT2D eigenvalue weighted by Gasteiger charge is 2.42. The SMILES string of the molecule is CN1CC2CCC(C1)N2c1cc(C(=O)Nc2cccc(C3(Cc4nncn4C)COC3)c2)nc(C2CC2)n1. The van der Waals surface area contributed by atoms with Gasteiger partial charge < -0.3 is 24.4 Å². The second-order valence-corrected chi connectivity index (χ2v) is 11.6. The highest BCUT2D eigenvalue weighted by molar-refractivity contribution is 6.03. The number of carbonyl (C=O) groups is 1. The van der Waals surface area contributed by atoms with Gasteiger partial charge >= 0.3 is 0 Å². The van der Waals surface area contributed by atoms with E-state index in [0.717, 1.165) is 61.1 Å². The molecule has 2 aromatic heterocycles. The number of amides is 1. The molecule has 4 aliphatic rings. The fourth-order valence-electron chi connectivity index (χ4n) is 6.32. The number of nitrogens with one attached hydrogen (secondary N) is 1. The van der Waals surface area contributed by atoms with Crippen molar-refractivity contribution in [1.29, 1.82) is 0 Å². The van der Waals surface area contributed by atoms with E-state index in [2.05, 4.69) is 44.5 Å². The minimum absolute atomic E-state index is 0.177. The van der Waals surface area contributed by atoms with Crippen LogP contribution in [0.1, 0.15) is 59.3 Å². The van der Waals surface area contributed by atoms with Gasteiger partial charge in [-0.1, -0.05) is 12.1 Å². The zero-order valence-electron chi connectivity index (χ0n) is 22.0. The molecule has 1 N–H and O–H groups in total. The molecule has 0 spiro atoms. The van der Waals surface area contributed by atoms with Crippen molar-refractivity contribution in [3.05, 3.63) is 59.6 Å². The van der Waals surface area contributed by atoms with Gasteiger partial charge in [-0.15, -0.1) is 10.2 Å². The van der Waals surface area contributed by atoms with Crippen LogP contribution in [0.25, 0.3) is 0 Å². The molecule has 10 heteroatoms. The summed E-state index contributed by atoms with van der Waals surface area (Å²) in [7, 11) is 4.15. The molecule has 2 atom stereocenters. The maximum Gasteiger partial charge on any atom is 0.274 e. The number of carbonyl (C=O) groups excluding carboxylic acids is 1. The van der Waals surface area contributed by atoms with E-state index in [1.807, 2.05) is 29.8 Å². The molecule has 0 radical (unpaired) electrons. The maximum atomic E-state index is 13.5. The number of anilines is 2. The summed E-state index contributed by atoms with van der Waals surface area (Å²) in [6.07, 6.45) is 6.99. The number of aryl methyl sites for hydroxylation is 1. The third-order valence-corrected chi connectivity index (χ3v) is 8.63. The smallest absolute Gasteiger partial charge is 0.274 e. The lowest BCUT2D eigenvalue weighted by atomic mass is 9.75. The molecule has 3 saturated heterocycles. The number of rotatable bonds is 7. The van der Waals surface area contributed by atoms with Gasteiger partial charge in [-0.2, -0.15) is 0 Å². The topological polar surface area (TPSA) is 101 Å². The molecule has 198 valence electrons. The first-order valence-electron chi connectivity index (χ1n) is 13.7. The van der Waals surface area contributed by atoms with Crippen LogP contribution in [-0.4, -0.2) is 81.0 Å². The number of fused-ring (bicyclic) bond motifs is 2. The van der Waals surface area contributed by atoms with E-state index < -0.39 is 0 Å². The third-order valence-electron chi connectivity index (χ3n) is 8.63. The first-order valence-corrected chi connectivity index (χ1v) is 13.7. The standard InChI is InChI=1S/C28H34N8O2/c1-34-13-21-8-9-22(14-34)36(21)24-11-23(31-26(32-24)18-6-7-18)27(37)30-20-5-3-4-19(10-20)28(15-38-16-28)12-25-33-29-17-35(25)2/h3-5,10-11,17-18,21-22H,6-9,12-16H2,1-2H3,(H,30,37). The van der Waals surface area contributed by atoms with Crippen molar-refractivity contribution in [1.82, 2.24) is 29.6 Å². The van der Waals surface area contributed by atoms with E-state index in [4.69, 9.17) is 14.7 Å². The second kappa shape index (κ2) is 9.13. The molecular weight excluding hydrogens is 480 g/mol. The summed E-state index contributed by atoms with van der Waals surface area (Å²) in [5, 5.41) is 11.4. The lowest BCUT2D eigenvalue weighted by Crippen LogP contribution is -2.53. The van der Waals surface area contributed by atoms with Crippen molar-refractivity contribution in [2.75, 3.05) is 43.6 Å². The summed E-state index contributed by atoms with van der Waals surface area (Å²) in [5.41, 5.74) is 2.15. The monoisotopic (exact) mass is 514 g/mol. The predicted molar refractivity (Wildman–Crippen MR) is 142 cm³/mol. The zero-order valence-corrected chi connectivity index (χ0v) is 22.0. The predicted octanol–water partition coefficient (Wildman–Crippen LogP) is 2.53. The van der Waals surface area contributed by atoms with Gasteiger partial charge in [0.2, 0.25) is 0 Å². The van der Waals surface area contributed by atoms with Crippen molar-refractivity contribution in [2.45, 2.75) is 55.5 Å². The summed E-state index contributed by atoms with van der Waals surface area (Å²) < 4.78 is 7.59. The molecule has 5 heterocycles. The maximum absolute atomic E-state index is 13.5. The van der Waals surface area contributed by atoms with Gasteiger partial charge in [0, 0.05) is 61.7 Å². The largest absolute Gasteiger partial charge is 0.379 e. The van der Waals surface area contributed by atoms with Gasteiger partial charge in [0.15, 0.2) is 0 Å². The van der Waals surface area contributed by atoms with Gasteiger partial charge in [-0.05, 0) is 50.4 Å². The molecule has 10 nitrogen and oxygen atoms in total. The Kier molecular flexibility index (Phi) is 5.70. The van der Waals surface area contributed by atoms with Gasteiger partial charge in [0.05, 0.1) is 13.2 Å². The number of aromatic nitrogens is 5. The van der Waals surface area contributed by atoms with Crippen LogP contribution in [0.15, 0.2) is 36.7 Å². The second-order valence-electron chi connectivity index (χ2n) is 11.6. The first kappa shape index (κ1) is 23.7. The number of hydrogen-bond acceptors (Lipinski definition) is 8. The molecule has 1 saturated carbocycles. The van der Waals surface area contributed by atoms with E-state index in [9.17, 15) is 4.79 Å². The molecule has 3 aliphatic heterocycles. The number of hydrogen-bond donors (Lipinski definition) is 1. The Balaban J connectivity index is 1.15. The van der Waals surface area contributed by atoms with Crippen LogP contribution in [0.4, 0.5) is 11.5 Å². The minimum Gasteiger partial charge on any atom is -0.379 e. The van der Waals surface area contributed by atoms with Crippen LogP contribution in [0, 0.1) is 0 Å². The molecule has 38 heavy (non-hydrogen) atoms. The molecular formula is C28H34N8O2. The fraction of sp³-hybridized carbons (Fsp3) is 0.536. The average Bonchev–Trinajstić information content (AvgIpc) is 3.60. The van der Waals surface area contributed by atoms with Crippen LogP contribution >= 0.6 is 0 Å². The summed E-state index contributed by atoms with van der Waals surface area (Å²) in [5.74, 6) is 2.82. The Bertz CT molecular complexity index is 1350. The number of piperazine rings is 1. The number of likely N-dealkylation sites (tertiary alicyclic amines) is 1. The van der Waals surface area contributed by atoms with Gasteiger partial charge in [0.1, 0.15) is 29.5 Å². The van der Waals surface area contributed by atoms with Crippen molar-refractivity contribution < 1.29 is 9.53 Å². The van der Waals surface area contributed by atoms with Crippen molar-refractivity contribution in [2.24, 2.45) is 7.05 Å². The Morgan fingerprint density at radius 2 is 1.87 bits per heavy atom. The highest BCUT2D eigenvalue weighted by atomic mass is 16.5. The average molecular weight is 515 g/mol. The van der Waals surface area contributed by atoms with Crippen molar-refractivity contribution in [3.63, 3.8) is 0 Å². The number of ether oxygens (including phenoxy) is 1. The molecule has 2 unspecified atom stereocenters. The third kappa shape index (κ3) is 4.25. The first-order chi connectivity index (χ1) is 18.5. The van der Waals surface area contributed by atoms with Gasteiger partial charge in [-0.25, -0.2) is 9.97 Å². The van der Waals surface area contributed by atoms with Crippen LogP contribution < -0.4 is 10.2 Å². The number of benzene rings is 1. The Morgan fingerprint density at radius 3 is 2.53 bits per heavy atom. The molecule has 2 bridgehead atoms. The van der Waals surface area contributed by atoms with E-state index >= 15 is 0 Å². The molecule has 7 rings (SSSR count). The fourth-order valence-corrected chi connectivity index (χ4v) is 6.32. The molecule has 1 aromatic carbocycles. The molecule has 1 aliphatic carbocycles.